The second kappa shape index (κ2) is 13.0. The lowest BCUT2D eigenvalue weighted by Gasteiger charge is -2.22. The Labute approximate surface area is 259 Å². The molecule has 9 nitrogen and oxygen atoms in total. The maximum atomic E-state index is 14.7. The van der Waals surface area contributed by atoms with Crippen molar-refractivity contribution < 1.29 is 31.9 Å². The van der Waals surface area contributed by atoms with E-state index in [1.54, 1.807) is 24.3 Å². The SMILES string of the molecule is Cc1ccc(C(C)C)c(N2C(=O)CSC2=NC(=O)N=C(F)Cc2ccc(-c3ncn(-c4ccc(OC(F)(F)F)cc4)n3)cc2)c1. The zero-order valence-electron chi connectivity index (χ0n) is 24.2. The molecule has 2 heterocycles. The predicted molar refractivity (Wildman–Crippen MR) is 164 cm³/mol. The average Bonchev–Trinajstić information content (AvgIpc) is 3.60. The van der Waals surface area contributed by atoms with Crippen molar-refractivity contribution in [2.24, 2.45) is 9.98 Å². The lowest BCUT2D eigenvalue weighted by atomic mass is 9.99. The van der Waals surface area contributed by atoms with Gasteiger partial charge in [-0.15, -0.1) is 18.3 Å². The highest BCUT2D eigenvalue weighted by atomic mass is 32.2. The van der Waals surface area contributed by atoms with Gasteiger partial charge in [0.25, 0.3) is 0 Å². The Morgan fingerprint density at radius 3 is 2.44 bits per heavy atom. The molecule has 4 aromatic rings. The second-order valence-electron chi connectivity index (χ2n) is 10.3. The monoisotopic (exact) mass is 638 g/mol. The van der Waals surface area contributed by atoms with Crippen LogP contribution in [0.2, 0.25) is 0 Å². The van der Waals surface area contributed by atoms with Gasteiger partial charge in [-0.3, -0.25) is 9.69 Å². The number of nitrogens with zero attached hydrogens (tertiary/aromatic N) is 6. The number of aryl methyl sites for hydroxylation is 1. The first-order valence-corrected chi connectivity index (χ1v) is 14.6. The van der Waals surface area contributed by atoms with Gasteiger partial charge in [-0.2, -0.15) is 14.4 Å². The molecule has 0 spiro atoms. The first-order chi connectivity index (χ1) is 21.4. The van der Waals surface area contributed by atoms with Crippen LogP contribution >= 0.6 is 11.8 Å². The summed E-state index contributed by atoms with van der Waals surface area (Å²) >= 11 is 1.10. The summed E-state index contributed by atoms with van der Waals surface area (Å²) in [5.74, 6) is -0.976. The maximum absolute atomic E-state index is 14.7. The quantitative estimate of drug-likeness (QED) is 0.154. The van der Waals surface area contributed by atoms with Crippen LogP contribution in [0.5, 0.6) is 5.75 Å². The number of amidine groups is 1. The first kappa shape index (κ1) is 31.6. The summed E-state index contributed by atoms with van der Waals surface area (Å²) in [4.78, 5) is 38.3. The number of ether oxygens (including phenoxy) is 1. The van der Waals surface area contributed by atoms with Crippen LogP contribution in [0.15, 0.2) is 83.0 Å². The number of halogens is 4. The second-order valence-corrected chi connectivity index (χ2v) is 11.3. The minimum Gasteiger partial charge on any atom is -0.406 e. The van der Waals surface area contributed by atoms with E-state index in [9.17, 15) is 27.2 Å². The Kier molecular flexibility index (Phi) is 9.14. The van der Waals surface area contributed by atoms with Gasteiger partial charge in [-0.1, -0.05) is 62.0 Å². The number of carbonyl (C=O) groups is 2. The van der Waals surface area contributed by atoms with Crippen molar-refractivity contribution >= 4 is 40.5 Å². The fraction of sp³-hybridized carbons (Fsp3) is 0.226. The number of anilines is 1. The third-order valence-corrected chi connectivity index (χ3v) is 7.53. The van der Waals surface area contributed by atoms with Crippen molar-refractivity contribution in [3.63, 3.8) is 0 Å². The number of aliphatic imine (C=N–C) groups is 2. The van der Waals surface area contributed by atoms with E-state index in [0.29, 0.717) is 28.3 Å². The molecule has 0 saturated carbocycles. The van der Waals surface area contributed by atoms with Crippen molar-refractivity contribution in [3.05, 3.63) is 89.7 Å². The molecule has 3 aromatic carbocycles. The van der Waals surface area contributed by atoms with Crippen molar-refractivity contribution in [2.45, 2.75) is 39.5 Å². The summed E-state index contributed by atoms with van der Waals surface area (Å²) in [5, 5.41) is 4.49. The lowest BCUT2D eigenvalue weighted by Crippen LogP contribution is -2.31. The molecule has 0 aliphatic carbocycles. The highest BCUT2D eigenvalue weighted by Crippen LogP contribution is 2.34. The van der Waals surface area contributed by atoms with Crippen LogP contribution in [0.1, 0.15) is 36.5 Å². The van der Waals surface area contributed by atoms with E-state index in [1.165, 1.54) is 40.2 Å². The van der Waals surface area contributed by atoms with Crippen molar-refractivity contribution in [2.75, 3.05) is 10.7 Å². The van der Waals surface area contributed by atoms with E-state index in [1.807, 2.05) is 39.0 Å². The number of thioether (sulfide) groups is 1. The van der Waals surface area contributed by atoms with Crippen LogP contribution in [0, 0.1) is 6.92 Å². The number of aromatic nitrogens is 3. The highest BCUT2D eigenvalue weighted by molar-refractivity contribution is 8.15. The van der Waals surface area contributed by atoms with Crippen molar-refractivity contribution in [3.8, 4) is 22.8 Å². The van der Waals surface area contributed by atoms with Crippen LogP contribution < -0.4 is 9.64 Å². The highest BCUT2D eigenvalue weighted by Gasteiger charge is 2.33. The third-order valence-electron chi connectivity index (χ3n) is 6.61. The molecule has 1 aliphatic rings. The normalized spacial score (nSPS) is 14.9. The van der Waals surface area contributed by atoms with Gasteiger partial charge < -0.3 is 4.74 Å². The Balaban J connectivity index is 1.25. The molecule has 1 fully saturated rings. The number of rotatable bonds is 7. The molecule has 0 unspecified atom stereocenters. The third kappa shape index (κ3) is 7.81. The van der Waals surface area contributed by atoms with Gasteiger partial charge in [0.15, 0.2) is 17.0 Å². The number of benzene rings is 3. The van der Waals surface area contributed by atoms with Gasteiger partial charge >= 0.3 is 12.4 Å². The molecule has 5 rings (SSSR count). The number of alkyl halides is 3. The number of amides is 3. The van der Waals surface area contributed by atoms with E-state index < -0.39 is 18.4 Å². The predicted octanol–water partition coefficient (Wildman–Crippen LogP) is 7.43. The Bertz CT molecular complexity index is 1780. The number of hydrogen-bond acceptors (Lipinski definition) is 6. The summed E-state index contributed by atoms with van der Waals surface area (Å²) < 4.78 is 57.2. The van der Waals surface area contributed by atoms with Crippen LogP contribution in [0.25, 0.3) is 17.1 Å². The largest absolute Gasteiger partial charge is 0.573 e. The molecule has 0 atom stereocenters. The Morgan fingerprint density at radius 2 is 1.78 bits per heavy atom. The molecular weight excluding hydrogens is 612 g/mol. The molecule has 14 heteroatoms. The molecule has 1 saturated heterocycles. The molecule has 0 N–H and O–H groups in total. The molecule has 45 heavy (non-hydrogen) atoms. The minimum atomic E-state index is -4.79. The van der Waals surface area contributed by atoms with Crippen LogP contribution in [0.3, 0.4) is 0 Å². The number of urea groups is 1. The molecule has 0 bridgehead atoms. The van der Waals surface area contributed by atoms with Crippen molar-refractivity contribution in [1.82, 2.24) is 14.8 Å². The number of hydrogen-bond donors (Lipinski definition) is 0. The zero-order chi connectivity index (χ0) is 32.3. The zero-order valence-corrected chi connectivity index (χ0v) is 25.1. The summed E-state index contributed by atoms with van der Waals surface area (Å²) in [6.07, 6.45) is -3.65. The van der Waals surface area contributed by atoms with Gasteiger partial charge in [0, 0.05) is 12.0 Å². The lowest BCUT2D eigenvalue weighted by molar-refractivity contribution is -0.274. The fourth-order valence-electron chi connectivity index (χ4n) is 4.53. The molecular formula is C31H26F4N6O3S. The van der Waals surface area contributed by atoms with Gasteiger partial charge in [0.1, 0.15) is 12.1 Å². The summed E-state index contributed by atoms with van der Waals surface area (Å²) in [5.41, 5.74) is 4.10. The van der Waals surface area contributed by atoms with E-state index >= 15 is 0 Å². The molecule has 3 amide bonds. The van der Waals surface area contributed by atoms with E-state index in [4.69, 9.17) is 0 Å². The Morgan fingerprint density at radius 1 is 1.07 bits per heavy atom. The molecule has 1 aliphatic heterocycles. The van der Waals surface area contributed by atoms with E-state index in [2.05, 4.69) is 24.8 Å². The summed E-state index contributed by atoms with van der Waals surface area (Å²) in [6.45, 7) is 5.91. The average molecular weight is 639 g/mol. The van der Waals surface area contributed by atoms with E-state index in [-0.39, 0.29) is 34.9 Å². The number of carbonyl (C=O) groups excluding carboxylic acids is 2. The van der Waals surface area contributed by atoms with Gasteiger partial charge in [0.05, 0.1) is 17.1 Å². The van der Waals surface area contributed by atoms with E-state index in [0.717, 1.165) is 22.9 Å². The summed E-state index contributed by atoms with van der Waals surface area (Å²) in [7, 11) is 0. The fourth-order valence-corrected chi connectivity index (χ4v) is 5.38. The first-order valence-electron chi connectivity index (χ1n) is 13.7. The van der Waals surface area contributed by atoms with Gasteiger partial charge in [-0.05, 0) is 59.9 Å². The Hall–Kier alpha value is -4.85. The van der Waals surface area contributed by atoms with Gasteiger partial charge in [0.2, 0.25) is 5.91 Å². The molecule has 0 radical (unpaired) electrons. The van der Waals surface area contributed by atoms with Crippen LogP contribution in [-0.2, 0) is 11.2 Å². The van der Waals surface area contributed by atoms with Crippen LogP contribution in [-0.4, -0.2) is 50.0 Å². The van der Waals surface area contributed by atoms with Gasteiger partial charge in [-0.25, -0.2) is 14.5 Å². The molecule has 1 aromatic heterocycles. The summed E-state index contributed by atoms with van der Waals surface area (Å²) in [6, 6.07) is 16.4. The van der Waals surface area contributed by atoms with Crippen LogP contribution in [0.4, 0.5) is 28.0 Å². The smallest absolute Gasteiger partial charge is 0.406 e. The van der Waals surface area contributed by atoms with Crippen molar-refractivity contribution in [1.29, 1.82) is 0 Å². The molecule has 232 valence electrons. The maximum Gasteiger partial charge on any atom is 0.573 e. The minimum absolute atomic E-state index is 0.104. The standard InChI is InChI=1S/C31H26F4N6O3S/c1-18(2)24-13-4-19(3)14-25(24)41-27(42)16-45-30(41)38-29(43)37-26(32)15-20-5-7-21(8-6-20)28-36-17-40(39-28)22-9-11-23(12-10-22)44-31(33,34)35/h4-14,17-18H,15-16H2,1-3H3. The topological polar surface area (TPSA) is 102 Å².